The summed E-state index contributed by atoms with van der Waals surface area (Å²) in [6.07, 6.45) is 3.73. The van der Waals surface area contributed by atoms with E-state index >= 15 is 0 Å². The number of carbonyl (C=O) groups excluding carboxylic acids is 1. The number of nitrogens with one attached hydrogen (secondary N) is 1. The number of hydrogen-bond acceptors (Lipinski definition) is 3. The predicted molar refractivity (Wildman–Crippen MR) is 142 cm³/mol. The van der Waals surface area contributed by atoms with E-state index in [-0.39, 0.29) is 5.91 Å². The molecular formula is C29H26ClN5O. The SMILES string of the molecule is Cc1nn(Cc2ccccc2)c(Cl)c1C(=O)NCc1ccccc1-c1ccc(Cn2cccn2)cc1. The van der Waals surface area contributed by atoms with Crippen molar-refractivity contribution in [3.8, 4) is 11.1 Å². The van der Waals surface area contributed by atoms with E-state index in [1.54, 1.807) is 17.8 Å². The van der Waals surface area contributed by atoms with Crippen molar-refractivity contribution in [3.63, 3.8) is 0 Å². The first-order valence-corrected chi connectivity index (χ1v) is 12.2. The number of aromatic nitrogens is 4. The number of halogens is 1. The summed E-state index contributed by atoms with van der Waals surface area (Å²) < 4.78 is 3.56. The van der Waals surface area contributed by atoms with Gasteiger partial charge in [0.05, 0.1) is 24.3 Å². The van der Waals surface area contributed by atoms with Crippen LogP contribution in [0.25, 0.3) is 11.1 Å². The molecule has 0 fully saturated rings. The van der Waals surface area contributed by atoms with Gasteiger partial charge in [-0.1, -0.05) is 90.5 Å². The fraction of sp³-hybridized carbons (Fsp3) is 0.138. The molecule has 5 rings (SSSR count). The van der Waals surface area contributed by atoms with Gasteiger partial charge in [0, 0.05) is 18.9 Å². The lowest BCUT2D eigenvalue weighted by Crippen LogP contribution is -2.24. The largest absolute Gasteiger partial charge is 0.348 e. The maximum absolute atomic E-state index is 13.1. The van der Waals surface area contributed by atoms with Crippen LogP contribution in [0.4, 0.5) is 0 Å². The Kier molecular flexibility index (Phi) is 6.96. The standard InChI is InChI=1S/C29H26ClN5O/c1-21-27(28(30)35(33-21)20-22-8-3-2-4-9-22)29(36)31-18-25-10-5-6-11-26(25)24-14-12-23(13-15-24)19-34-17-7-16-32-34/h2-17H,18-20H2,1H3,(H,31,36). The Bertz CT molecular complexity index is 1460. The third-order valence-corrected chi connectivity index (χ3v) is 6.48. The number of rotatable bonds is 8. The van der Waals surface area contributed by atoms with E-state index in [4.69, 9.17) is 11.6 Å². The number of hydrogen-bond donors (Lipinski definition) is 1. The van der Waals surface area contributed by atoms with Crippen molar-refractivity contribution in [3.05, 3.63) is 130 Å². The van der Waals surface area contributed by atoms with Crippen LogP contribution in [0.1, 0.15) is 32.7 Å². The van der Waals surface area contributed by atoms with Gasteiger partial charge < -0.3 is 5.32 Å². The lowest BCUT2D eigenvalue weighted by atomic mass is 9.98. The maximum atomic E-state index is 13.1. The van der Waals surface area contributed by atoms with E-state index in [0.717, 1.165) is 28.8 Å². The van der Waals surface area contributed by atoms with Gasteiger partial charge in [-0.25, -0.2) is 4.68 Å². The minimum absolute atomic E-state index is 0.235. The highest BCUT2D eigenvalue weighted by Gasteiger charge is 2.20. The molecule has 0 unspecified atom stereocenters. The molecule has 0 bridgehead atoms. The first-order chi connectivity index (χ1) is 17.6. The Morgan fingerprint density at radius 1 is 0.889 bits per heavy atom. The van der Waals surface area contributed by atoms with Crippen molar-refractivity contribution in [1.82, 2.24) is 24.9 Å². The first-order valence-electron chi connectivity index (χ1n) is 11.8. The van der Waals surface area contributed by atoms with E-state index in [0.29, 0.717) is 29.5 Å². The third kappa shape index (κ3) is 5.24. The molecule has 0 saturated heterocycles. The molecular weight excluding hydrogens is 470 g/mol. The molecule has 1 amide bonds. The zero-order valence-electron chi connectivity index (χ0n) is 19.9. The van der Waals surface area contributed by atoms with Gasteiger partial charge in [-0.05, 0) is 40.8 Å². The highest BCUT2D eigenvalue weighted by Crippen LogP contribution is 2.25. The Hall–Kier alpha value is -4.16. The summed E-state index contributed by atoms with van der Waals surface area (Å²) in [4.78, 5) is 13.1. The molecule has 0 saturated carbocycles. The number of benzene rings is 3. The second kappa shape index (κ2) is 10.6. The molecule has 1 N–H and O–H groups in total. The summed E-state index contributed by atoms with van der Waals surface area (Å²) in [5.41, 5.74) is 6.45. The lowest BCUT2D eigenvalue weighted by molar-refractivity contribution is 0.0950. The average Bonchev–Trinajstić information content (AvgIpc) is 3.51. The van der Waals surface area contributed by atoms with Crippen molar-refractivity contribution in [1.29, 1.82) is 0 Å². The Morgan fingerprint density at radius 2 is 1.61 bits per heavy atom. The van der Waals surface area contributed by atoms with Gasteiger partial charge in [0.15, 0.2) is 0 Å². The molecule has 0 radical (unpaired) electrons. The van der Waals surface area contributed by atoms with Crippen LogP contribution in [0.15, 0.2) is 97.3 Å². The summed E-state index contributed by atoms with van der Waals surface area (Å²) in [5, 5.41) is 12.1. The minimum atomic E-state index is -0.235. The summed E-state index contributed by atoms with van der Waals surface area (Å²) in [6, 6.07) is 28.3. The van der Waals surface area contributed by atoms with Crippen molar-refractivity contribution in [2.45, 2.75) is 26.6 Å². The molecule has 5 aromatic rings. The normalized spacial score (nSPS) is 10.9. The van der Waals surface area contributed by atoms with Crippen LogP contribution in [0.3, 0.4) is 0 Å². The van der Waals surface area contributed by atoms with Gasteiger partial charge in [0.25, 0.3) is 5.91 Å². The molecule has 3 aromatic carbocycles. The quantitative estimate of drug-likeness (QED) is 0.299. The van der Waals surface area contributed by atoms with Gasteiger partial charge in [0.1, 0.15) is 5.15 Å². The minimum Gasteiger partial charge on any atom is -0.348 e. The fourth-order valence-corrected chi connectivity index (χ4v) is 4.58. The fourth-order valence-electron chi connectivity index (χ4n) is 4.26. The molecule has 0 atom stereocenters. The summed E-state index contributed by atoms with van der Waals surface area (Å²) >= 11 is 6.58. The third-order valence-electron chi connectivity index (χ3n) is 6.09. The van der Waals surface area contributed by atoms with E-state index in [1.165, 1.54) is 5.56 Å². The van der Waals surface area contributed by atoms with Crippen LogP contribution >= 0.6 is 11.6 Å². The molecule has 0 aliphatic heterocycles. The van der Waals surface area contributed by atoms with Gasteiger partial charge in [-0.2, -0.15) is 10.2 Å². The first kappa shape index (κ1) is 23.6. The second-order valence-electron chi connectivity index (χ2n) is 8.63. The number of aryl methyl sites for hydroxylation is 1. The predicted octanol–water partition coefficient (Wildman–Crippen LogP) is 5.74. The van der Waals surface area contributed by atoms with E-state index in [2.05, 4.69) is 45.8 Å². The van der Waals surface area contributed by atoms with E-state index < -0.39 is 0 Å². The molecule has 2 aromatic heterocycles. The topological polar surface area (TPSA) is 64.7 Å². The second-order valence-corrected chi connectivity index (χ2v) is 8.99. The van der Waals surface area contributed by atoms with Crippen molar-refractivity contribution >= 4 is 17.5 Å². The molecule has 6 nitrogen and oxygen atoms in total. The Labute approximate surface area is 215 Å². The average molecular weight is 496 g/mol. The van der Waals surface area contributed by atoms with Crippen molar-refractivity contribution < 1.29 is 4.79 Å². The molecule has 36 heavy (non-hydrogen) atoms. The van der Waals surface area contributed by atoms with Crippen molar-refractivity contribution in [2.75, 3.05) is 0 Å². The van der Waals surface area contributed by atoms with Gasteiger partial charge in [-0.3, -0.25) is 9.48 Å². The lowest BCUT2D eigenvalue weighted by Gasteiger charge is -2.12. The van der Waals surface area contributed by atoms with Crippen LogP contribution in [0.2, 0.25) is 5.15 Å². The van der Waals surface area contributed by atoms with E-state index in [1.807, 2.05) is 65.5 Å². The molecule has 7 heteroatoms. The molecule has 180 valence electrons. The summed E-state index contributed by atoms with van der Waals surface area (Å²) in [6.45, 7) is 3.42. The molecule has 0 aliphatic carbocycles. The van der Waals surface area contributed by atoms with Crippen LogP contribution in [-0.2, 0) is 19.6 Å². The number of carbonyl (C=O) groups is 1. The molecule has 0 spiro atoms. The highest BCUT2D eigenvalue weighted by molar-refractivity contribution is 6.33. The smallest absolute Gasteiger partial charge is 0.256 e. The highest BCUT2D eigenvalue weighted by atomic mass is 35.5. The van der Waals surface area contributed by atoms with Gasteiger partial charge >= 0.3 is 0 Å². The Morgan fingerprint density at radius 3 is 2.36 bits per heavy atom. The van der Waals surface area contributed by atoms with Crippen LogP contribution < -0.4 is 5.32 Å². The summed E-state index contributed by atoms with van der Waals surface area (Å²) in [7, 11) is 0. The monoisotopic (exact) mass is 495 g/mol. The van der Waals surface area contributed by atoms with Crippen LogP contribution in [0.5, 0.6) is 0 Å². The Balaban J connectivity index is 1.29. The molecule has 0 aliphatic rings. The van der Waals surface area contributed by atoms with Gasteiger partial charge in [-0.15, -0.1) is 0 Å². The number of amides is 1. The van der Waals surface area contributed by atoms with Crippen LogP contribution in [0, 0.1) is 6.92 Å². The van der Waals surface area contributed by atoms with Gasteiger partial charge in [0.2, 0.25) is 0 Å². The van der Waals surface area contributed by atoms with Crippen molar-refractivity contribution in [2.24, 2.45) is 0 Å². The zero-order chi connectivity index (χ0) is 24.9. The zero-order valence-corrected chi connectivity index (χ0v) is 20.7. The maximum Gasteiger partial charge on any atom is 0.256 e. The number of nitrogens with zero attached hydrogens (tertiary/aromatic N) is 4. The molecule has 2 heterocycles. The van der Waals surface area contributed by atoms with E-state index in [9.17, 15) is 4.79 Å². The van der Waals surface area contributed by atoms with Crippen LogP contribution in [-0.4, -0.2) is 25.5 Å². The summed E-state index contributed by atoms with van der Waals surface area (Å²) in [5.74, 6) is -0.235.